The first-order valence-electron chi connectivity index (χ1n) is 4.46. The van der Waals surface area contributed by atoms with E-state index < -0.39 is 24.7 Å². The van der Waals surface area contributed by atoms with Gasteiger partial charge in [-0.15, -0.1) is 0 Å². The lowest BCUT2D eigenvalue weighted by Crippen LogP contribution is -2.44. The van der Waals surface area contributed by atoms with Gasteiger partial charge in [-0.3, -0.25) is 4.79 Å². The first-order valence-corrected chi connectivity index (χ1v) is 4.46. The van der Waals surface area contributed by atoms with Crippen molar-refractivity contribution in [3.63, 3.8) is 0 Å². The summed E-state index contributed by atoms with van der Waals surface area (Å²) in [6, 6.07) is -0.914. The number of methoxy groups -OCH3 is 1. The predicted molar refractivity (Wildman–Crippen MR) is 48.2 cm³/mol. The zero-order chi connectivity index (χ0) is 11.9. The molecular weight excluding hydrogens is 213 g/mol. The summed E-state index contributed by atoms with van der Waals surface area (Å²) < 4.78 is 39.9. The van der Waals surface area contributed by atoms with E-state index in [0.29, 0.717) is 19.4 Å². The number of carbonyl (C=O) groups is 1. The number of hydrogen-bond donors (Lipinski definition) is 2. The Kier molecular flexibility index (Phi) is 6.26. The van der Waals surface area contributed by atoms with E-state index in [-0.39, 0.29) is 0 Å². The molecule has 1 amide bonds. The number of rotatable bonds is 6. The van der Waals surface area contributed by atoms with Gasteiger partial charge < -0.3 is 15.8 Å². The zero-order valence-corrected chi connectivity index (χ0v) is 8.43. The summed E-state index contributed by atoms with van der Waals surface area (Å²) in [4.78, 5) is 11.0. The van der Waals surface area contributed by atoms with E-state index in [4.69, 9.17) is 10.5 Å². The predicted octanol–water partition coefficient (Wildman–Crippen LogP) is 0.419. The summed E-state index contributed by atoms with van der Waals surface area (Å²) in [7, 11) is 1.50. The van der Waals surface area contributed by atoms with Crippen LogP contribution in [0.4, 0.5) is 13.2 Å². The zero-order valence-electron chi connectivity index (χ0n) is 8.43. The average Bonchev–Trinajstić information content (AvgIpc) is 2.13. The second kappa shape index (κ2) is 6.62. The van der Waals surface area contributed by atoms with Crippen molar-refractivity contribution in [1.82, 2.24) is 5.32 Å². The topological polar surface area (TPSA) is 64.3 Å². The molecule has 0 aliphatic heterocycles. The highest BCUT2D eigenvalue weighted by atomic mass is 19.4. The number of halogens is 3. The third kappa shape index (κ3) is 8.19. The van der Waals surface area contributed by atoms with E-state index in [1.165, 1.54) is 7.11 Å². The fourth-order valence-corrected chi connectivity index (χ4v) is 0.897. The fourth-order valence-electron chi connectivity index (χ4n) is 0.897. The maximum atomic E-state index is 11.7. The molecule has 3 N–H and O–H groups in total. The summed E-state index contributed by atoms with van der Waals surface area (Å²) >= 11 is 0. The third-order valence-electron chi connectivity index (χ3n) is 1.66. The summed E-state index contributed by atoms with van der Waals surface area (Å²) in [5.74, 6) is -0.788. The van der Waals surface area contributed by atoms with Crippen molar-refractivity contribution in [2.45, 2.75) is 25.1 Å². The molecule has 0 saturated heterocycles. The largest absolute Gasteiger partial charge is 0.405 e. The van der Waals surface area contributed by atoms with E-state index in [9.17, 15) is 18.0 Å². The molecule has 0 heterocycles. The summed E-state index contributed by atoms with van der Waals surface area (Å²) in [6.07, 6.45) is -3.56. The maximum absolute atomic E-state index is 11.7. The van der Waals surface area contributed by atoms with Gasteiger partial charge in [0.05, 0.1) is 6.04 Å². The van der Waals surface area contributed by atoms with Gasteiger partial charge in [-0.2, -0.15) is 13.2 Å². The van der Waals surface area contributed by atoms with Gasteiger partial charge in [-0.1, -0.05) is 0 Å². The van der Waals surface area contributed by atoms with Gasteiger partial charge in [0, 0.05) is 13.7 Å². The highest BCUT2D eigenvalue weighted by molar-refractivity contribution is 5.81. The summed E-state index contributed by atoms with van der Waals surface area (Å²) in [5, 5.41) is 1.72. The van der Waals surface area contributed by atoms with Crippen LogP contribution in [-0.2, 0) is 9.53 Å². The van der Waals surface area contributed by atoms with Gasteiger partial charge in [0.25, 0.3) is 0 Å². The molecule has 1 atom stereocenters. The fraction of sp³-hybridized carbons (Fsp3) is 0.875. The van der Waals surface area contributed by atoms with E-state index in [1.807, 2.05) is 0 Å². The number of nitrogens with two attached hydrogens (primary N) is 1. The SMILES string of the molecule is COCCCC(N)C(=O)NCC(F)(F)F. The first kappa shape index (κ1) is 14.2. The molecule has 0 aliphatic carbocycles. The average molecular weight is 228 g/mol. The van der Waals surface area contributed by atoms with Crippen LogP contribution < -0.4 is 11.1 Å². The lowest BCUT2D eigenvalue weighted by Gasteiger charge is -2.13. The van der Waals surface area contributed by atoms with Crippen LogP contribution in [0.25, 0.3) is 0 Å². The molecule has 4 nitrogen and oxygen atoms in total. The molecule has 0 radical (unpaired) electrons. The maximum Gasteiger partial charge on any atom is 0.405 e. The highest BCUT2D eigenvalue weighted by Gasteiger charge is 2.28. The second-order valence-corrected chi connectivity index (χ2v) is 3.07. The van der Waals surface area contributed by atoms with Crippen molar-refractivity contribution in [2.75, 3.05) is 20.3 Å². The van der Waals surface area contributed by atoms with Gasteiger partial charge >= 0.3 is 6.18 Å². The van der Waals surface area contributed by atoms with Gasteiger partial charge in [-0.05, 0) is 12.8 Å². The Bertz CT molecular complexity index is 197. The highest BCUT2D eigenvalue weighted by Crippen LogP contribution is 2.12. The molecule has 0 saturated carbocycles. The van der Waals surface area contributed by atoms with E-state index in [2.05, 4.69) is 0 Å². The van der Waals surface area contributed by atoms with E-state index >= 15 is 0 Å². The number of carbonyl (C=O) groups excluding carboxylic acids is 1. The lowest BCUT2D eigenvalue weighted by atomic mass is 10.1. The molecule has 0 rings (SSSR count). The minimum absolute atomic E-state index is 0.303. The van der Waals surface area contributed by atoms with Crippen molar-refractivity contribution in [2.24, 2.45) is 5.73 Å². The Hall–Kier alpha value is -0.820. The van der Waals surface area contributed by atoms with Crippen LogP contribution in [0, 0.1) is 0 Å². The quantitative estimate of drug-likeness (QED) is 0.647. The first-order chi connectivity index (χ1) is 6.87. The van der Waals surface area contributed by atoms with E-state index in [1.54, 1.807) is 5.32 Å². The van der Waals surface area contributed by atoms with Gasteiger partial charge in [0.2, 0.25) is 5.91 Å². The van der Waals surface area contributed by atoms with Crippen LogP contribution in [0.2, 0.25) is 0 Å². The summed E-state index contributed by atoms with van der Waals surface area (Å²) in [5.41, 5.74) is 5.35. The Morgan fingerprint density at radius 1 is 1.53 bits per heavy atom. The third-order valence-corrected chi connectivity index (χ3v) is 1.66. The van der Waals surface area contributed by atoms with E-state index in [0.717, 1.165) is 0 Å². The molecule has 0 spiro atoms. The van der Waals surface area contributed by atoms with Crippen LogP contribution in [0.3, 0.4) is 0 Å². The Labute approximate surface area is 86.0 Å². The molecule has 0 aromatic rings. The molecular formula is C8H15F3N2O2. The minimum atomic E-state index is -4.40. The second-order valence-electron chi connectivity index (χ2n) is 3.07. The molecule has 0 fully saturated rings. The van der Waals surface area contributed by atoms with Crippen molar-refractivity contribution in [3.05, 3.63) is 0 Å². The molecule has 0 aliphatic rings. The molecule has 7 heteroatoms. The Morgan fingerprint density at radius 2 is 2.13 bits per heavy atom. The van der Waals surface area contributed by atoms with Gasteiger partial charge in [-0.25, -0.2) is 0 Å². The van der Waals surface area contributed by atoms with Gasteiger partial charge in [0.1, 0.15) is 6.54 Å². The minimum Gasteiger partial charge on any atom is -0.385 e. The number of ether oxygens (including phenoxy) is 1. The molecule has 1 unspecified atom stereocenters. The van der Waals surface area contributed by atoms with Gasteiger partial charge in [0.15, 0.2) is 0 Å². The number of nitrogens with one attached hydrogen (secondary N) is 1. The Balaban J connectivity index is 3.70. The molecule has 15 heavy (non-hydrogen) atoms. The molecule has 0 aromatic carbocycles. The Morgan fingerprint density at radius 3 is 2.60 bits per heavy atom. The smallest absolute Gasteiger partial charge is 0.385 e. The van der Waals surface area contributed by atoms with Crippen molar-refractivity contribution >= 4 is 5.91 Å². The standard InChI is InChI=1S/C8H15F3N2O2/c1-15-4-2-3-6(12)7(14)13-5-8(9,10)11/h6H,2-5,12H2,1H3,(H,13,14). The van der Waals surface area contributed by atoms with Crippen LogP contribution in [0.5, 0.6) is 0 Å². The van der Waals surface area contributed by atoms with Crippen molar-refractivity contribution < 1.29 is 22.7 Å². The van der Waals surface area contributed by atoms with Crippen LogP contribution >= 0.6 is 0 Å². The van der Waals surface area contributed by atoms with Crippen molar-refractivity contribution in [3.8, 4) is 0 Å². The number of amides is 1. The monoisotopic (exact) mass is 228 g/mol. The molecule has 90 valence electrons. The lowest BCUT2D eigenvalue weighted by molar-refractivity contribution is -0.139. The van der Waals surface area contributed by atoms with Crippen LogP contribution in [0.15, 0.2) is 0 Å². The van der Waals surface area contributed by atoms with Crippen LogP contribution in [0.1, 0.15) is 12.8 Å². The molecule has 0 bridgehead atoms. The summed E-state index contributed by atoms with van der Waals surface area (Å²) in [6.45, 7) is -0.913. The number of alkyl halides is 3. The van der Waals surface area contributed by atoms with Crippen molar-refractivity contribution in [1.29, 1.82) is 0 Å². The normalized spacial score (nSPS) is 13.7. The number of hydrogen-bond acceptors (Lipinski definition) is 3. The molecule has 0 aromatic heterocycles. The van der Waals surface area contributed by atoms with Crippen LogP contribution in [-0.4, -0.2) is 38.4 Å².